The van der Waals surface area contributed by atoms with Crippen LogP contribution in [0.25, 0.3) is 10.2 Å². The van der Waals surface area contributed by atoms with Crippen molar-refractivity contribution in [1.29, 1.82) is 0 Å². The molecule has 0 spiro atoms. The smallest absolute Gasteiger partial charge is 0.183 e. The predicted octanol–water partition coefficient (Wildman–Crippen LogP) is 2.97. The Morgan fingerprint density at radius 2 is 2.39 bits per heavy atom. The molecule has 1 atom stereocenters. The molecule has 0 amide bonds. The van der Waals surface area contributed by atoms with E-state index in [0.29, 0.717) is 0 Å². The largest absolute Gasteiger partial charge is 0.361 e. The van der Waals surface area contributed by atoms with Crippen molar-refractivity contribution in [3.05, 3.63) is 23.8 Å². The van der Waals surface area contributed by atoms with Gasteiger partial charge in [0.25, 0.3) is 0 Å². The number of nitrogens with zero attached hydrogens (tertiary/aromatic N) is 2. The number of thiazole rings is 1. The minimum absolute atomic E-state index is 0.767. The van der Waals surface area contributed by atoms with Crippen molar-refractivity contribution < 1.29 is 0 Å². The summed E-state index contributed by atoms with van der Waals surface area (Å²) in [6.45, 7) is 5.60. The van der Waals surface area contributed by atoms with Crippen molar-refractivity contribution in [2.45, 2.75) is 13.3 Å². The van der Waals surface area contributed by atoms with Gasteiger partial charge >= 0.3 is 0 Å². The Bertz CT molecular complexity index is 549. The summed E-state index contributed by atoms with van der Waals surface area (Å²) in [6, 6.07) is 6.37. The van der Waals surface area contributed by atoms with E-state index in [1.165, 1.54) is 29.8 Å². The van der Waals surface area contributed by atoms with Crippen molar-refractivity contribution >= 4 is 26.7 Å². The zero-order chi connectivity index (χ0) is 12.5. The molecule has 0 saturated carbocycles. The molecule has 1 fully saturated rings. The number of benzene rings is 1. The molecule has 1 saturated heterocycles. The maximum atomic E-state index is 4.69. The Balaban J connectivity index is 1.69. The predicted molar refractivity (Wildman–Crippen MR) is 78.5 cm³/mol. The van der Waals surface area contributed by atoms with E-state index in [0.717, 1.165) is 23.1 Å². The van der Waals surface area contributed by atoms with Gasteiger partial charge in [0, 0.05) is 13.1 Å². The first kappa shape index (κ1) is 11.9. The van der Waals surface area contributed by atoms with Crippen LogP contribution in [-0.2, 0) is 0 Å². The third-order valence-electron chi connectivity index (χ3n) is 3.65. The number of fused-ring (bicyclic) bond motifs is 1. The quantitative estimate of drug-likeness (QED) is 0.920. The van der Waals surface area contributed by atoms with Crippen LogP contribution in [0.5, 0.6) is 0 Å². The molecule has 1 aliphatic rings. The van der Waals surface area contributed by atoms with Crippen LogP contribution >= 0.6 is 11.3 Å². The molecule has 3 nitrogen and oxygen atoms in total. The number of likely N-dealkylation sites (tertiary alicyclic amines) is 1. The Hall–Kier alpha value is -1.13. The molecular formula is C14H19N3S. The van der Waals surface area contributed by atoms with E-state index in [4.69, 9.17) is 0 Å². The molecule has 2 heterocycles. The van der Waals surface area contributed by atoms with Crippen molar-refractivity contribution in [2.24, 2.45) is 5.92 Å². The lowest BCUT2D eigenvalue weighted by molar-refractivity contribution is 0.399. The minimum atomic E-state index is 0.767. The van der Waals surface area contributed by atoms with E-state index >= 15 is 0 Å². The summed E-state index contributed by atoms with van der Waals surface area (Å²) in [6.07, 6.45) is 1.30. The number of nitrogens with one attached hydrogen (secondary N) is 1. The van der Waals surface area contributed by atoms with E-state index < -0.39 is 0 Å². The summed E-state index contributed by atoms with van der Waals surface area (Å²) in [5.74, 6) is 0.767. The Labute approximate surface area is 112 Å². The first-order valence-corrected chi connectivity index (χ1v) is 7.32. The lowest BCUT2D eigenvalue weighted by Crippen LogP contribution is -2.19. The number of hydrogen-bond acceptors (Lipinski definition) is 4. The minimum Gasteiger partial charge on any atom is -0.361 e. The van der Waals surface area contributed by atoms with E-state index in [2.05, 4.69) is 47.4 Å². The van der Waals surface area contributed by atoms with Gasteiger partial charge in [-0.3, -0.25) is 0 Å². The molecule has 1 N–H and O–H groups in total. The Morgan fingerprint density at radius 1 is 1.50 bits per heavy atom. The van der Waals surface area contributed by atoms with Crippen LogP contribution in [0.2, 0.25) is 0 Å². The van der Waals surface area contributed by atoms with Gasteiger partial charge in [-0.05, 0) is 44.5 Å². The molecule has 4 heteroatoms. The number of para-hydroxylation sites is 1. The third-order valence-corrected chi connectivity index (χ3v) is 4.63. The van der Waals surface area contributed by atoms with Crippen LogP contribution in [0, 0.1) is 12.8 Å². The Morgan fingerprint density at radius 3 is 3.11 bits per heavy atom. The van der Waals surface area contributed by atoms with E-state index in [1.807, 2.05) is 0 Å². The summed E-state index contributed by atoms with van der Waals surface area (Å²) in [7, 11) is 2.20. The first-order chi connectivity index (χ1) is 8.72. The lowest BCUT2D eigenvalue weighted by Gasteiger charge is -2.10. The van der Waals surface area contributed by atoms with Crippen LogP contribution in [0.15, 0.2) is 18.2 Å². The molecular weight excluding hydrogens is 242 g/mol. The fraction of sp³-hybridized carbons (Fsp3) is 0.500. The molecule has 0 bridgehead atoms. The number of aryl methyl sites for hydroxylation is 1. The van der Waals surface area contributed by atoms with E-state index in [1.54, 1.807) is 11.3 Å². The van der Waals surface area contributed by atoms with Crippen molar-refractivity contribution in [3.63, 3.8) is 0 Å². The van der Waals surface area contributed by atoms with Gasteiger partial charge in [0.05, 0.1) is 10.2 Å². The molecule has 1 aromatic heterocycles. The maximum absolute atomic E-state index is 4.69. The summed E-state index contributed by atoms with van der Waals surface area (Å²) in [5.41, 5.74) is 2.41. The van der Waals surface area contributed by atoms with E-state index in [-0.39, 0.29) is 0 Å². The highest BCUT2D eigenvalue weighted by molar-refractivity contribution is 7.22. The molecule has 0 aliphatic carbocycles. The Kier molecular flexibility index (Phi) is 3.22. The fourth-order valence-corrected chi connectivity index (χ4v) is 3.54. The molecule has 96 valence electrons. The zero-order valence-corrected chi connectivity index (χ0v) is 11.8. The van der Waals surface area contributed by atoms with Gasteiger partial charge in [-0.15, -0.1) is 0 Å². The maximum Gasteiger partial charge on any atom is 0.183 e. The molecule has 18 heavy (non-hydrogen) atoms. The highest BCUT2D eigenvalue weighted by Gasteiger charge is 2.19. The number of hydrogen-bond donors (Lipinski definition) is 1. The van der Waals surface area contributed by atoms with Crippen molar-refractivity contribution in [3.8, 4) is 0 Å². The normalized spacial score (nSPS) is 20.7. The van der Waals surface area contributed by atoms with E-state index in [9.17, 15) is 0 Å². The van der Waals surface area contributed by atoms with Gasteiger partial charge in [-0.25, -0.2) is 4.98 Å². The highest BCUT2D eigenvalue weighted by atomic mass is 32.1. The van der Waals surface area contributed by atoms with Gasteiger partial charge < -0.3 is 10.2 Å². The zero-order valence-electron chi connectivity index (χ0n) is 10.9. The SMILES string of the molecule is Cc1cccc2sc(NCC3CCN(C)C3)nc12. The van der Waals surface area contributed by atoms with Crippen LogP contribution in [0.1, 0.15) is 12.0 Å². The fourth-order valence-electron chi connectivity index (χ4n) is 2.59. The summed E-state index contributed by atoms with van der Waals surface area (Å²) < 4.78 is 1.28. The molecule has 0 radical (unpaired) electrons. The number of anilines is 1. The molecule has 2 aromatic rings. The monoisotopic (exact) mass is 261 g/mol. The average molecular weight is 261 g/mol. The van der Waals surface area contributed by atoms with Crippen LogP contribution in [0.4, 0.5) is 5.13 Å². The first-order valence-electron chi connectivity index (χ1n) is 6.51. The van der Waals surface area contributed by atoms with Crippen molar-refractivity contribution in [1.82, 2.24) is 9.88 Å². The highest BCUT2D eigenvalue weighted by Crippen LogP contribution is 2.28. The summed E-state index contributed by atoms with van der Waals surface area (Å²) >= 11 is 1.76. The van der Waals surface area contributed by atoms with Gasteiger partial charge in [0.2, 0.25) is 0 Å². The van der Waals surface area contributed by atoms with Gasteiger partial charge in [0.15, 0.2) is 5.13 Å². The van der Waals surface area contributed by atoms with Crippen LogP contribution in [-0.4, -0.2) is 36.6 Å². The second-order valence-corrected chi connectivity index (χ2v) is 6.27. The second-order valence-electron chi connectivity index (χ2n) is 5.24. The summed E-state index contributed by atoms with van der Waals surface area (Å²) in [4.78, 5) is 7.08. The lowest BCUT2D eigenvalue weighted by atomic mass is 10.1. The molecule has 1 aromatic carbocycles. The van der Waals surface area contributed by atoms with Crippen molar-refractivity contribution in [2.75, 3.05) is 32.0 Å². The molecule has 1 unspecified atom stereocenters. The van der Waals surface area contributed by atoms with Crippen LogP contribution in [0.3, 0.4) is 0 Å². The molecule has 1 aliphatic heterocycles. The standard InChI is InChI=1S/C14H19N3S/c1-10-4-3-5-12-13(10)16-14(18-12)15-8-11-6-7-17(2)9-11/h3-5,11H,6-9H2,1-2H3,(H,15,16). The van der Waals surface area contributed by atoms with Gasteiger partial charge in [0.1, 0.15) is 0 Å². The summed E-state index contributed by atoms with van der Waals surface area (Å²) in [5, 5.41) is 4.57. The topological polar surface area (TPSA) is 28.2 Å². The van der Waals surface area contributed by atoms with Crippen LogP contribution < -0.4 is 5.32 Å². The number of rotatable bonds is 3. The second kappa shape index (κ2) is 4.86. The van der Waals surface area contributed by atoms with Gasteiger partial charge in [-0.2, -0.15) is 0 Å². The number of aromatic nitrogens is 1. The third kappa shape index (κ3) is 2.35. The van der Waals surface area contributed by atoms with Gasteiger partial charge in [-0.1, -0.05) is 23.5 Å². The molecule has 3 rings (SSSR count). The average Bonchev–Trinajstić information content (AvgIpc) is 2.93.